The number of hydrogen-bond acceptors (Lipinski definition) is 6. The van der Waals surface area contributed by atoms with E-state index in [4.69, 9.17) is 17.3 Å². The molecule has 0 aliphatic carbocycles. The van der Waals surface area contributed by atoms with Crippen molar-refractivity contribution >= 4 is 29.1 Å². The smallest absolute Gasteiger partial charge is 0.225 e. The predicted molar refractivity (Wildman–Crippen MR) is 80.1 cm³/mol. The Morgan fingerprint density at radius 3 is 2.30 bits per heavy atom. The van der Waals surface area contributed by atoms with E-state index in [2.05, 4.69) is 24.8 Å². The maximum atomic E-state index is 5.96. The van der Waals surface area contributed by atoms with Gasteiger partial charge in [0, 0.05) is 32.4 Å². The molecule has 0 atom stereocenters. The van der Waals surface area contributed by atoms with E-state index in [0.717, 1.165) is 32.0 Å². The van der Waals surface area contributed by atoms with E-state index in [-0.39, 0.29) is 0 Å². The minimum absolute atomic E-state index is 0.550. The molecule has 20 heavy (non-hydrogen) atoms. The highest BCUT2D eigenvalue weighted by atomic mass is 35.5. The Morgan fingerprint density at radius 1 is 1.00 bits per heavy atom. The lowest BCUT2D eigenvalue weighted by atomic mass is 10.3. The fourth-order valence-corrected chi connectivity index (χ4v) is 2.36. The Hall–Kier alpha value is -2.08. The average Bonchev–Trinajstić information content (AvgIpc) is 2.49. The molecule has 0 saturated carbocycles. The highest BCUT2D eigenvalue weighted by Crippen LogP contribution is 2.21. The van der Waals surface area contributed by atoms with Crippen molar-refractivity contribution in [2.75, 3.05) is 41.7 Å². The molecule has 7 heteroatoms. The van der Waals surface area contributed by atoms with Gasteiger partial charge in [0.05, 0.1) is 23.1 Å². The first kappa shape index (κ1) is 12.9. The molecule has 3 rings (SSSR count). The van der Waals surface area contributed by atoms with Gasteiger partial charge in [-0.1, -0.05) is 11.6 Å². The van der Waals surface area contributed by atoms with Crippen molar-refractivity contribution in [1.29, 1.82) is 0 Å². The summed E-state index contributed by atoms with van der Waals surface area (Å²) in [6, 6.07) is 3.72. The topological polar surface area (TPSA) is 71.2 Å². The van der Waals surface area contributed by atoms with Crippen LogP contribution in [-0.2, 0) is 0 Å². The Bertz CT molecular complexity index is 580. The normalized spacial score (nSPS) is 15.4. The fourth-order valence-electron chi connectivity index (χ4n) is 2.26. The summed E-state index contributed by atoms with van der Waals surface area (Å²) < 4.78 is 0. The molecule has 0 aromatic carbocycles. The van der Waals surface area contributed by atoms with Crippen LogP contribution in [0.2, 0.25) is 5.02 Å². The number of pyridine rings is 1. The van der Waals surface area contributed by atoms with Crippen LogP contribution in [0.5, 0.6) is 0 Å². The van der Waals surface area contributed by atoms with Crippen LogP contribution in [0.4, 0.5) is 17.5 Å². The average molecular weight is 291 g/mol. The summed E-state index contributed by atoms with van der Waals surface area (Å²) in [6.45, 7) is 3.34. The number of nitrogens with zero attached hydrogens (tertiary/aromatic N) is 5. The highest BCUT2D eigenvalue weighted by molar-refractivity contribution is 6.30. The van der Waals surface area contributed by atoms with Gasteiger partial charge in [-0.2, -0.15) is 0 Å². The predicted octanol–water partition coefficient (Wildman–Crippen LogP) is 1.43. The summed E-state index contributed by atoms with van der Waals surface area (Å²) in [7, 11) is 0. The van der Waals surface area contributed by atoms with E-state index in [9.17, 15) is 0 Å². The van der Waals surface area contributed by atoms with E-state index >= 15 is 0 Å². The molecule has 3 heterocycles. The molecule has 6 nitrogen and oxygen atoms in total. The summed E-state index contributed by atoms with van der Waals surface area (Å²) >= 11 is 5.80. The monoisotopic (exact) mass is 290 g/mol. The molecule has 0 unspecified atom stereocenters. The quantitative estimate of drug-likeness (QED) is 0.902. The number of nitrogens with two attached hydrogens (primary N) is 1. The van der Waals surface area contributed by atoms with Crippen molar-refractivity contribution in [3.8, 4) is 0 Å². The summed E-state index contributed by atoms with van der Waals surface area (Å²) in [5.41, 5.74) is 6.67. The zero-order valence-electron chi connectivity index (χ0n) is 10.9. The first-order valence-electron chi connectivity index (χ1n) is 6.42. The molecule has 2 N–H and O–H groups in total. The lowest BCUT2D eigenvalue weighted by Crippen LogP contribution is -2.47. The molecule has 1 saturated heterocycles. The Morgan fingerprint density at radius 2 is 1.65 bits per heavy atom. The molecule has 0 bridgehead atoms. The van der Waals surface area contributed by atoms with Crippen LogP contribution in [0.15, 0.2) is 30.7 Å². The van der Waals surface area contributed by atoms with Gasteiger partial charge < -0.3 is 15.5 Å². The van der Waals surface area contributed by atoms with Gasteiger partial charge in [0.2, 0.25) is 5.95 Å². The minimum Gasteiger partial charge on any atom is -0.396 e. The number of hydrogen-bond donors (Lipinski definition) is 1. The van der Waals surface area contributed by atoms with E-state index in [0.29, 0.717) is 16.7 Å². The second-order valence-corrected chi connectivity index (χ2v) is 5.03. The van der Waals surface area contributed by atoms with Gasteiger partial charge >= 0.3 is 0 Å². The second kappa shape index (κ2) is 5.50. The lowest BCUT2D eigenvalue weighted by Gasteiger charge is -2.35. The summed E-state index contributed by atoms with van der Waals surface area (Å²) in [5, 5.41) is 0.550. The van der Waals surface area contributed by atoms with Crippen LogP contribution in [-0.4, -0.2) is 41.1 Å². The van der Waals surface area contributed by atoms with E-state index in [1.165, 1.54) is 0 Å². The largest absolute Gasteiger partial charge is 0.396 e. The Balaban J connectivity index is 1.68. The van der Waals surface area contributed by atoms with Crippen LogP contribution >= 0.6 is 11.6 Å². The Labute approximate surface area is 122 Å². The van der Waals surface area contributed by atoms with E-state index < -0.39 is 0 Å². The van der Waals surface area contributed by atoms with Crippen molar-refractivity contribution in [3.63, 3.8) is 0 Å². The van der Waals surface area contributed by atoms with Crippen LogP contribution < -0.4 is 15.5 Å². The van der Waals surface area contributed by atoms with Gasteiger partial charge in [-0.25, -0.2) is 15.0 Å². The van der Waals surface area contributed by atoms with Crippen LogP contribution in [0.3, 0.4) is 0 Å². The van der Waals surface area contributed by atoms with Crippen LogP contribution in [0, 0.1) is 0 Å². The maximum Gasteiger partial charge on any atom is 0.225 e. The van der Waals surface area contributed by atoms with Gasteiger partial charge in [0.15, 0.2) is 5.82 Å². The molecule has 104 valence electrons. The zero-order chi connectivity index (χ0) is 13.9. The van der Waals surface area contributed by atoms with Crippen molar-refractivity contribution in [2.45, 2.75) is 0 Å². The molecule has 2 aromatic rings. The van der Waals surface area contributed by atoms with Crippen molar-refractivity contribution in [1.82, 2.24) is 15.0 Å². The highest BCUT2D eigenvalue weighted by Gasteiger charge is 2.20. The standard InChI is InChI=1S/C13H15ClN6/c14-10-8-17-13(18-9-10)20-6-4-19(5-7-20)12-11(15)2-1-3-16-12/h1-3,8-9H,4-7,15H2. The molecular weight excluding hydrogens is 276 g/mol. The number of halogens is 1. The van der Waals surface area contributed by atoms with Gasteiger partial charge in [0.1, 0.15) is 0 Å². The lowest BCUT2D eigenvalue weighted by molar-refractivity contribution is 0.635. The molecule has 0 spiro atoms. The van der Waals surface area contributed by atoms with E-state index in [1.807, 2.05) is 12.1 Å². The first-order valence-corrected chi connectivity index (χ1v) is 6.80. The summed E-state index contributed by atoms with van der Waals surface area (Å²) in [5.74, 6) is 1.56. The molecule has 1 fully saturated rings. The number of aromatic nitrogens is 3. The van der Waals surface area contributed by atoms with Crippen molar-refractivity contribution in [3.05, 3.63) is 35.7 Å². The number of anilines is 3. The third-order valence-electron chi connectivity index (χ3n) is 3.29. The maximum absolute atomic E-state index is 5.96. The molecule has 1 aliphatic rings. The SMILES string of the molecule is Nc1cccnc1N1CCN(c2ncc(Cl)cn2)CC1. The summed E-state index contributed by atoms with van der Waals surface area (Å²) in [6.07, 6.45) is 5.00. The molecular formula is C13H15ClN6. The first-order chi connectivity index (χ1) is 9.74. The Kier molecular flexibility index (Phi) is 3.56. The number of piperazine rings is 1. The molecule has 1 aliphatic heterocycles. The third kappa shape index (κ3) is 2.60. The molecule has 0 radical (unpaired) electrons. The molecule has 2 aromatic heterocycles. The third-order valence-corrected chi connectivity index (χ3v) is 3.48. The summed E-state index contributed by atoms with van der Waals surface area (Å²) in [4.78, 5) is 17.1. The zero-order valence-corrected chi connectivity index (χ0v) is 11.7. The van der Waals surface area contributed by atoms with Gasteiger partial charge in [0.25, 0.3) is 0 Å². The second-order valence-electron chi connectivity index (χ2n) is 4.59. The van der Waals surface area contributed by atoms with Crippen molar-refractivity contribution < 1.29 is 0 Å². The van der Waals surface area contributed by atoms with Gasteiger partial charge in [-0.3, -0.25) is 0 Å². The molecule has 0 amide bonds. The minimum atomic E-state index is 0.550. The number of rotatable bonds is 2. The van der Waals surface area contributed by atoms with Crippen LogP contribution in [0.1, 0.15) is 0 Å². The van der Waals surface area contributed by atoms with Crippen LogP contribution in [0.25, 0.3) is 0 Å². The van der Waals surface area contributed by atoms with Gasteiger partial charge in [-0.15, -0.1) is 0 Å². The van der Waals surface area contributed by atoms with Gasteiger partial charge in [-0.05, 0) is 12.1 Å². The fraction of sp³-hybridized carbons (Fsp3) is 0.308. The van der Waals surface area contributed by atoms with E-state index in [1.54, 1.807) is 18.6 Å². The van der Waals surface area contributed by atoms with Crippen molar-refractivity contribution in [2.24, 2.45) is 0 Å². The number of nitrogen functional groups attached to an aromatic ring is 1.